The summed E-state index contributed by atoms with van der Waals surface area (Å²) in [6.07, 6.45) is 5.65. The predicted molar refractivity (Wildman–Crippen MR) is 101 cm³/mol. The molecular weight excluding hydrogens is 330 g/mol. The van der Waals surface area contributed by atoms with E-state index in [0.717, 1.165) is 36.4 Å². The van der Waals surface area contributed by atoms with Crippen molar-refractivity contribution < 1.29 is 14.3 Å². The van der Waals surface area contributed by atoms with Gasteiger partial charge in [0.25, 0.3) is 0 Å². The zero-order valence-electron chi connectivity index (χ0n) is 14.7. The van der Waals surface area contributed by atoms with Crippen molar-refractivity contribution in [2.75, 3.05) is 25.5 Å². The third-order valence-electron chi connectivity index (χ3n) is 3.83. The van der Waals surface area contributed by atoms with E-state index in [4.69, 9.17) is 21.7 Å². The van der Waals surface area contributed by atoms with Crippen molar-refractivity contribution in [2.45, 2.75) is 71.6 Å². The lowest BCUT2D eigenvalue weighted by atomic mass is 10.0. The Kier molecular flexibility index (Phi) is 11.1. The number of thiocarbonyl (C=S) groups is 1. The summed E-state index contributed by atoms with van der Waals surface area (Å²) in [6, 6.07) is 0.360. The number of rotatable bonds is 10. The molecule has 0 N–H and O–H groups in total. The summed E-state index contributed by atoms with van der Waals surface area (Å²) in [6.45, 7) is 8.50. The van der Waals surface area contributed by atoms with Gasteiger partial charge in [-0.3, -0.25) is 4.79 Å². The van der Waals surface area contributed by atoms with Crippen LogP contribution < -0.4 is 0 Å². The molecule has 1 saturated heterocycles. The molecule has 0 aromatic heterocycles. The molecule has 0 aromatic rings. The van der Waals surface area contributed by atoms with E-state index in [1.165, 1.54) is 18.2 Å². The van der Waals surface area contributed by atoms with Crippen LogP contribution >= 0.6 is 24.0 Å². The standard InChI is InChI=1S/C17H31NO3S2/c1-4-10-20-16(21-11-5-2)12-17(22)23-13-15(19)18-9-7-6-8-14(18)3/h14,16H,4-13H2,1-3H3. The Bertz CT molecular complexity index is 358. The van der Waals surface area contributed by atoms with Crippen molar-refractivity contribution in [2.24, 2.45) is 0 Å². The zero-order chi connectivity index (χ0) is 17.1. The molecule has 4 nitrogen and oxygen atoms in total. The van der Waals surface area contributed by atoms with E-state index in [0.29, 0.717) is 31.4 Å². The average Bonchev–Trinajstić information content (AvgIpc) is 2.55. The molecule has 1 aliphatic heterocycles. The van der Waals surface area contributed by atoms with Gasteiger partial charge in [-0.15, -0.1) is 11.8 Å². The van der Waals surface area contributed by atoms with Crippen molar-refractivity contribution in [1.29, 1.82) is 0 Å². The third kappa shape index (κ3) is 8.47. The van der Waals surface area contributed by atoms with Crippen LogP contribution in [0.25, 0.3) is 0 Å². The molecule has 0 radical (unpaired) electrons. The summed E-state index contributed by atoms with van der Waals surface area (Å²) in [7, 11) is 0. The Morgan fingerprint density at radius 2 is 1.91 bits per heavy atom. The Morgan fingerprint density at radius 3 is 2.48 bits per heavy atom. The minimum Gasteiger partial charge on any atom is -0.352 e. The highest BCUT2D eigenvalue weighted by molar-refractivity contribution is 8.23. The van der Waals surface area contributed by atoms with Gasteiger partial charge in [-0.2, -0.15) is 0 Å². The fraction of sp³-hybridized carbons (Fsp3) is 0.882. The number of ether oxygens (including phenoxy) is 2. The van der Waals surface area contributed by atoms with Gasteiger partial charge in [-0.05, 0) is 39.0 Å². The van der Waals surface area contributed by atoms with E-state index in [-0.39, 0.29) is 12.2 Å². The molecule has 1 amide bonds. The summed E-state index contributed by atoms with van der Waals surface area (Å²) < 4.78 is 12.2. The minimum atomic E-state index is -0.279. The fourth-order valence-electron chi connectivity index (χ4n) is 2.55. The first-order chi connectivity index (χ1) is 11.1. The Hall–Kier alpha value is -0.170. The van der Waals surface area contributed by atoms with E-state index in [2.05, 4.69) is 20.8 Å². The van der Waals surface area contributed by atoms with Crippen LogP contribution in [0.4, 0.5) is 0 Å². The van der Waals surface area contributed by atoms with Crippen LogP contribution in [0.1, 0.15) is 59.3 Å². The number of carbonyl (C=O) groups excluding carboxylic acids is 1. The van der Waals surface area contributed by atoms with Gasteiger partial charge in [-0.25, -0.2) is 0 Å². The summed E-state index contributed by atoms with van der Waals surface area (Å²) in [5, 5.41) is 0. The Balaban J connectivity index is 2.33. The number of likely N-dealkylation sites (tertiary alicyclic amines) is 1. The van der Waals surface area contributed by atoms with E-state index >= 15 is 0 Å². The highest BCUT2D eigenvalue weighted by Gasteiger charge is 2.23. The van der Waals surface area contributed by atoms with E-state index in [1.54, 1.807) is 0 Å². The second kappa shape index (κ2) is 12.2. The number of thioether (sulfide) groups is 1. The maximum atomic E-state index is 12.3. The quantitative estimate of drug-likeness (QED) is 0.434. The van der Waals surface area contributed by atoms with Crippen molar-refractivity contribution in [3.63, 3.8) is 0 Å². The van der Waals surface area contributed by atoms with E-state index in [9.17, 15) is 4.79 Å². The van der Waals surface area contributed by atoms with Crippen LogP contribution in [-0.4, -0.2) is 52.8 Å². The molecule has 1 aliphatic rings. The highest BCUT2D eigenvalue weighted by atomic mass is 32.2. The first kappa shape index (κ1) is 20.9. The molecule has 1 unspecified atom stereocenters. The normalized spacial score (nSPS) is 18.4. The molecule has 0 aliphatic carbocycles. The maximum absolute atomic E-state index is 12.3. The van der Waals surface area contributed by atoms with Gasteiger partial charge < -0.3 is 14.4 Å². The number of piperidine rings is 1. The second-order valence-corrected chi connectivity index (χ2v) is 7.79. The number of hydrogen-bond donors (Lipinski definition) is 0. The van der Waals surface area contributed by atoms with E-state index < -0.39 is 0 Å². The first-order valence-electron chi connectivity index (χ1n) is 8.76. The van der Waals surface area contributed by atoms with Crippen LogP contribution in [0, 0.1) is 0 Å². The molecular formula is C17H31NO3S2. The minimum absolute atomic E-state index is 0.199. The molecule has 1 heterocycles. The zero-order valence-corrected chi connectivity index (χ0v) is 16.3. The summed E-state index contributed by atoms with van der Waals surface area (Å²) in [5.74, 6) is 0.627. The molecule has 1 fully saturated rings. The number of hydrogen-bond acceptors (Lipinski definition) is 5. The molecule has 23 heavy (non-hydrogen) atoms. The molecule has 134 valence electrons. The van der Waals surface area contributed by atoms with Gasteiger partial charge in [0, 0.05) is 32.2 Å². The van der Waals surface area contributed by atoms with Gasteiger partial charge >= 0.3 is 0 Å². The van der Waals surface area contributed by atoms with Crippen LogP contribution in [0.3, 0.4) is 0 Å². The van der Waals surface area contributed by atoms with E-state index in [1.807, 2.05) is 4.90 Å². The van der Waals surface area contributed by atoms with Crippen LogP contribution in [-0.2, 0) is 14.3 Å². The van der Waals surface area contributed by atoms with Crippen LogP contribution in [0.2, 0.25) is 0 Å². The van der Waals surface area contributed by atoms with Crippen molar-refractivity contribution in [3.05, 3.63) is 0 Å². The lowest BCUT2D eigenvalue weighted by molar-refractivity contribution is -0.136. The predicted octanol–water partition coefficient (Wildman–Crippen LogP) is 4.02. The SMILES string of the molecule is CCCOC(CC(=S)SCC(=O)N1CCCCC1C)OCCC. The van der Waals surface area contributed by atoms with Gasteiger partial charge in [0.1, 0.15) is 0 Å². The average molecular weight is 362 g/mol. The van der Waals surface area contributed by atoms with Gasteiger partial charge in [0.2, 0.25) is 5.91 Å². The number of nitrogens with zero attached hydrogens (tertiary/aromatic N) is 1. The Labute approximate surface area is 150 Å². The van der Waals surface area contributed by atoms with Gasteiger partial charge in [0.05, 0.1) is 9.95 Å². The molecule has 0 aromatic carbocycles. The number of carbonyl (C=O) groups is 1. The van der Waals surface area contributed by atoms with Crippen LogP contribution in [0.5, 0.6) is 0 Å². The van der Waals surface area contributed by atoms with Crippen LogP contribution in [0.15, 0.2) is 0 Å². The topological polar surface area (TPSA) is 38.8 Å². The lowest BCUT2D eigenvalue weighted by Crippen LogP contribution is -2.43. The molecule has 1 rings (SSSR count). The summed E-state index contributed by atoms with van der Waals surface area (Å²) in [5.41, 5.74) is 0. The van der Waals surface area contributed by atoms with Gasteiger partial charge in [0.15, 0.2) is 6.29 Å². The van der Waals surface area contributed by atoms with Crippen molar-refractivity contribution in [1.82, 2.24) is 4.90 Å². The fourth-order valence-corrected chi connectivity index (χ4v) is 3.57. The monoisotopic (exact) mass is 361 g/mol. The Morgan fingerprint density at radius 1 is 1.26 bits per heavy atom. The second-order valence-electron chi connectivity index (χ2n) is 5.97. The largest absolute Gasteiger partial charge is 0.352 e. The van der Waals surface area contributed by atoms with Gasteiger partial charge in [-0.1, -0.05) is 26.1 Å². The molecule has 0 spiro atoms. The summed E-state index contributed by atoms with van der Waals surface area (Å²) in [4.78, 5) is 14.3. The molecule has 0 saturated carbocycles. The maximum Gasteiger partial charge on any atom is 0.233 e. The third-order valence-corrected chi connectivity index (χ3v) is 5.23. The lowest BCUT2D eigenvalue weighted by Gasteiger charge is -2.33. The van der Waals surface area contributed by atoms with Crippen molar-refractivity contribution in [3.8, 4) is 0 Å². The highest BCUT2D eigenvalue weighted by Crippen LogP contribution is 2.19. The first-order valence-corrected chi connectivity index (χ1v) is 10.2. The summed E-state index contributed by atoms with van der Waals surface area (Å²) >= 11 is 6.87. The number of amides is 1. The van der Waals surface area contributed by atoms with Crippen molar-refractivity contribution >= 4 is 34.1 Å². The molecule has 6 heteroatoms. The molecule has 1 atom stereocenters. The molecule has 0 bridgehead atoms. The smallest absolute Gasteiger partial charge is 0.233 e.